The second-order valence-electron chi connectivity index (χ2n) is 5.98. The largest absolute Gasteiger partial charge is 0.497 e. The van der Waals surface area contributed by atoms with Gasteiger partial charge in [0.05, 0.1) is 26.7 Å². The number of hydrogen-bond acceptors (Lipinski definition) is 6. The molecule has 0 spiro atoms. The molecule has 0 saturated heterocycles. The van der Waals surface area contributed by atoms with Gasteiger partial charge < -0.3 is 14.2 Å². The van der Waals surface area contributed by atoms with Crippen molar-refractivity contribution in [1.29, 1.82) is 0 Å². The maximum Gasteiger partial charge on any atom is 0.309 e. The Bertz CT molecular complexity index is 714. The molecule has 8 heteroatoms. The lowest BCUT2D eigenvalue weighted by atomic mass is 10.2. The predicted molar refractivity (Wildman–Crippen MR) is 92.3 cm³/mol. The van der Waals surface area contributed by atoms with Gasteiger partial charge in [-0.1, -0.05) is 6.92 Å². The summed E-state index contributed by atoms with van der Waals surface area (Å²) in [6.07, 6.45) is 1.56. The lowest BCUT2D eigenvalue weighted by Crippen LogP contribution is -2.39. The molecule has 1 aromatic carbocycles. The van der Waals surface area contributed by atoms with Crippen LogP contribution in [0.5, 0.6) is 11.5 Å². The minimum Gasteiger partial charge on any atom is -0.497 e. The molecule has 7 nitrogen and oxygen atoms in total. The molecule has 1 fully saturated rings. The van der Waals surface area contributed by atoms with Crippen LogP contribution in [0.2, 0.25) is 0 Å². The molecule has 1 aliphatic rings. The van der Waals surface area contributed by atoms with Crippen molar-refractivity contribution in [3.8, 4) is 11.5 Å². The molecule has 0 heterocycles. The van der Waals surface area contributed by atoms with E-state index in [1.54, 1.807) is 26.0 Å². The number of nitrogens with zero attached hydrogens (tertiary/aromatic N) is 1. The Balaban J connectivity index is 2.35. The molecule has 0 aromatic heterocycles. The lowest BCUT2D eigenvalue weighted by Gasteiger charge is -2.25. The van der Waals surface area contributed by atoms with Crippen LogP contribution in [0, 0.1) is 5.92 Å². The molecule has 2 rings (SSSR count). The van der Waals surface area contributed by atoms with E-state index in [9.17, 15) is 13.2 Å². The third-order valence-corrected chi connectivity index (χ3v) is 5.99. The molecule has 0 radical (unpaired) electrons. The van der Waals surface area contributed by atoms with Crippen molar-refractivity contribution in [3.63, 3.8) is 0 Å². The van der Waals surface area contributed by atoms with Crippen LogP contribution < -0.4 is 9.47 Å². The van der Waals surface area contributed by atoms with E-state index in [4.69, 9.17) is 14.2 Å². The minimum atomic E-state index is -3.84. The van der Waals surface area contributed by atoms with Crippen molar-refractivity contribution in [1.82, 2.24) is 4.31 Å². The average Bonchev–Trinajstić information content (AvgIpc) is 3.43. The molecule has 0 amide bonds. The molecular formula is C17H25NO6S. The summed E-state index contributed by atoms with van der Waals surface area (Å²) in [6.45, 7) is 3.74. The second-order valence-corrected chi connectivity index (χ2v) is 7.83. The second kappa shape index (κ2) is 8.05. The zero-order valence-electron chi connectivity index (χ0n) is 15.0. The molecule has 140 valence electrons. The highest BCUT2D eigenvalue weighted by Gasteiger charge is 2.41. The number of carbonyl (C=O) groups excluding carboxylic acids is 1. The molecule has 1 saturated carbocycles. The van der Waals surface area contributed by atoms with Gasteiger partial charge >= 0.3 is 5.97 Å². The van der Waals surface area contributed by atoms with Gasteiger partial charge in [0.1, 0.15) is 16.4 Å². The van der Waals surface area contributed by atoms with Crippen molar-refractivity contribution in [2.24, 2.45) is 5.92 Å². The van der Waals surface area contributed by atoms with E-state index >= 15 is 0 Å². The summed E-state index contributed by atoms with van der Waals surface area (Å²) in [4.78, 5) is 12.0. The van der Waals surface area contributed by atoms with E-state index in [1.165, 1.54) is 24.6 Å². The summed E-state index contributed by atoms with van der Waals surface area (Å²) >= 11 is 0. The predicted octanol–water partition coefficient (Wildman–Crippen LogP) is 2.06. The molecular weight excluding hydrogens is 346 g/mol. The first-order chi connectivity index (χ1) is 11.8. The van der Waals surface area contributed by atoms with Crippen molar-refractivity contribution in [2.45, 2.75) is 37.6 Å². The van der Waals surface area contributed by atoms with E-state index in [1.807, 2.05) is 0 Å². The molecule has 1 atom stereocenters. The Morgan fingerprint density at radius 3 is 2.48 bits per heavy atom. The van der Waals surface area contributed by atoms with E-state index < -0.39 is 21.9 Å². The quantitative estimate of drug-likeness (QED) is 0.618. The van der Waals surface area contributed by atoms with Crippen LogP contribution in [0.15, 0.2) is 23.1 Å². The Morgan fingerprint density at radius 2 is 1.96 bits per heavy atom. The number of methoxy groups -OCH3 is 2. The summed E-state index contributed by atoms with van der Waals surface area (Å²) in [5.41, 5.74) is 0. The zero-order chi connectivity index (χ0) is 18.6. The van der Waals surface area contributed by atoms with E-state index in [0.29, 0.717) is 5.75 Å². The van der Waals surface area contributed by atoms with Crippen LogP contribution in [-0.2, 0) is 19.6 Å². The molecule has 25 heavy (non-hydrogen) atoms. The van der Waals surface area contributed by atoms with E-state index in [0.717, 1.165) is 12.8 Å². The van der Waals surface area contributed by atoms with Crippen molar-refractivity contribution in [2.75, 3.05) is 27.4 Å². The number of carbonyl (C=O) groups is 1. The number of benzene rings is 1. The topological polar surface area (TPSA) is 82.1 Å². The Hall–Kier alpha value is -1.80. The number of hydrogen-bond donors (Lipinski definition) is 0. The van der Waals surface area contributed by atoms with Gasteiger partial charge in [0, 0.05) is 18.7 Å². The SMILES string of the molecule is CCOC(=O)C(C)CN(C1CC1)S(=O)(=O)c1cc(OC)ccc1OC. The number of ether oxygens (including phenoxy) is 3. The standard InChI is InChI=1S/C17H25NO6S/c1-5-24-17(19)12(2)11-18(13-6-7-13)25(20,21)16-10-14(22-3)8-9-15(16)23-4/h8-10,12-13H,5-7,11H2,1-4H3. The van der Waals surface area contributed by atoms with E-state index in [2.05, 4.69) is 0 Å². The summed E-state index contributed by atoms with van der Waals surface area (Å²) in [6, 6.07) is 4.54. The molecule has 0 N–H and O–H groups in total. The molecule has 1 aliphatic carbocycles. The fraction of sp³-hybridized carbons (Fsp3) is 0.588. The van der Waals surface area contributed by atoms with Crippen LogP contribution in [0.3, 0.4) is 0 Å². The highest BCUT2D eigenvalue weighted by atomic mass is 32.2. The smallest absolute Gasteiger partial charge is 0.309 e. The summed E-state index contributed by atoms with van der Waals surface area (Å²) in [5, 5.41) is 0. The third kappa shape index (κ3) is 4.43. The van der Waals surface area contributed by atoms with Crippen molar-refractivity contribution < 1.29 is 27.4 Å². The fourth-order valence-electron chi connectivity index (χ4n) is 2.55. The first-order valence-electron chi connectivity index (χ1n) is 8.25. The van der Waals surface area contributed by atoms with Crippen LogP contribution >= 0.6 is 0 Å². The Labute approximate surface area is 148 Å². The molecule has 0 bridgehead atoms. The Kier molecular flexibility index (Phi) is 6.29. The van der Waals surface area contributed by atoms with Crippen LogP contribution in [0.4, 0.5) is 0 Å². The van der Waals surface area contributed by atoms with Gasteiger partial charge in [-0.3, -0.25) is 4.79 Å². The zero-order valence-corrected chi connectivity index (χ0v) is 15.8. The number of sulfonamides is 1. The maximum absolute atomic E-state index is 13.2. The Morgan fingerprint density at radius 1 is 1.28 bits per heavy atom. The van der Waals surface area contributed by atoms with Gasteiger partial charge in [0.2, 0.25) is 10.0 Å². The van der Waals surface area contributed by atoms with Crippen molar-refractivity contribution >= 4 is 16.0 Å². The summed E-state index contributed by atoms with van der Waals surface area (Å²) in [7, 11) is -0.944. The number of rotatable bonds is 9. The van der Waals surface area contributed by atoms with Crippen LogP contribution in [0.25, 0.3) is 0 Å². The van der Waals surface area contributed by atoms with Gasteiger partial charge in [0.15, 0.2) is 0 Å². The van der Waals surface area contributed by atoms with Gasteiger partial charge in [-0.25, -0.2) is 8.42 Å². The van der Waals surface area contributed by atoms with Gasteiger partial charge in [-0.15, -0.1) is 0 Å². The first-order valence-corrected chi connectivity index (χ1v) is 9.69. The maximum atomic E-state index is 13.2. The van der Waals surface area contributed by atoms with Gasteiger partial charge in [-0.2, -0.15) is 4.31 Å². The lowest BCUT2D eigenvalue weighted by molar-refractivity contribution is -0.147. The average molecular weight is 371 g/mol. The summed E-state index contributed by atoms with van der Waals surface area (Å²) < 4.78 is 43.2. The monoisotopic (exact) mass is 371 g/mol. The van der Waals surface area contributed by atoms with Crippen LogP contribution in [0.1, 0.15) is 26.7 Å². The highest BCUT2D eigenvalue weighted by Crippen LogP contribution is 2.37. The molecule has 1 aromatic rings. The third-order valence-electron chi connectivity index (χ3n) is 4.05. The molecule has 1 unspecified atom stereocenters. The number of esters is 1. The van der Waals surface area contributed by atoms with Gasteiger partial charge in [0.25, 0.3) is 0 Å². The van der Waals surface area contributed by atoms with E-state index in [-0.39, 0.29) is 29.8 Å². The minimum absolute atomic E-state index is 0.0392. The fourth-order valence-corrected chi connectivity index (χ4v) is 4.49. The van der Waals surface area contributed by atoms with Crippen LogP contribution in [-0.4, -0.2) is 52.1 Å². The van der Waals surface area contributed by atoms with Gasteiger partial charge in [-0.05, 0) is 31.9 Å². The summed E-state index contributed by atoms with van der Waals surface area (Å²) in [5.74, 6) is -0.281. The highest BCUT2D eigenvalue weighted by molar-refractivity contribution is 7.89. The van der Waals surface area contributed by atoms with Crippen molar-refractivity contribution in [3.05, 3.63) is 18.2 Å². The molecule has 0 aliphatic heterocycles. The first kappa shape index (κ1) is 19.5. The normalized spacial score (nSPS) is 15.7.